The van der Waals surface area contributed by atoms with Crippen molar-refractivity contribution in [3.05, 3.63) is 84.7 Å². The van der Waals surface area contributed by atoms with Gasteiger partial charge in [0, 0.05) is 6.20 Å². The van der Waals surface area contributed by atoms with Crippen LogP contribution in [0.4, 0.5) is 5.69 Å². The van der Waals surface area contributed by atoms with Gasteiger partial charge in [-0.3, -0.25) is 4.79 Å². The zero-order valence-electron chi connectivity index (χ0n) is 13.8. The summed E-state index contributed by atoms with van der Waals surface area (Å²) in [5.74, 6) is 0.00634. The number of aromatic nitrogens is 1. The molecule has 2 aromatic carbocycles. The van der Waals surface area contributed by atoms with Gasteiger partial charge in [-0.2, -0.15) is 0 Å². The second kappa shape index (κ2) is 8.43. The fourth-order valence-corrected chi connectivity index (χ4v) is 2.15. The highest BCUT2D eigenvalue weighted by Gasteiger charge is 2.13. The van der Waals surface area contributed by atoms with Crippen molar-refractivity contribution in [1.29, 1.82) is 0 Å². The predicted molar refractivity (Wildman–Crippen MR) is 96.1 cm³/mol. The molecule has 0 atom stereocenters. The van der Waals surface area contributed by atoms with E-state index in [1.807, 2.05) is 30.3 Å². The van der Waals surface area contributed by atoms with Gasteiger partial charge in [0.2, 0.25) is 0 Å². The molecule has 0 aliphatic rings. The molecule has 0 bridgehead atoms. The average molecular weight is 348 g/mol. The maximum atomic E-state index is 12.1. The molecular formula is C20H16N2O4. The first kappa shape index (κ1) is 17.2. The minimum absolute atomic E-state index is 0.146. The number of anilines is 1. The Morgan fingerprint density at radius 1 is 0.885 bits per heavy atom. The summed E-state index contributed by atoms with van der Waals surface area (Å²) in [5, 5.41) is 2.68. The second-order valence-corrected chi connectivity index (χ2v) is 5.25. The van der Waals surface area contributed by atoms with Crippen LogP contribution in [-0.4, -0.2) is 23.5 Å². The molecule has 0 radical (unpaired) electrons. The summed E-state index contributed by atoms with van der Waals surface area (Å²) in [4.78, 5) is 27.8. The Morgan fingerprint density at radius 3 is 2.38 bits per heavy atom. The third-order valence-electron chi connectivity index (χ3n) is 3.34. The van der Waals surface area contributed by atoms with Gasteiger partial charge in [0.15, 0.2) is 12.4 Å². The van der Waals surface area contributed by atoms with E-state index in [2.05, 4.69) is 10.3 Å². The highest BCUT2D eigenvalue weighted by Crippen LogP contribution is 2.28. The molecule has 6 heteroatoms. The monoisotopic (exact) mass is 348 g/mol. The van der Waals surface area contributed by atoms with Crippen LogP contribution >= 0.6 is 0 Å². The number of esters is 1. The second-order valence-electron chi connectivity index (χ2n) is 5.25. The first-order valence-electron chi connectivity index (χ1n) is 7.92. The van der Waals surface area contributed by atoms with Crippen molar-refractivity contribution in [2.75, 3.05) is 11.9 Å². The van der Waals surface area contributed by atoms with E-state index in [4.69, 9.17) is 9.47 Å². The van der Waals surface area contributed by atoms with E-state index in [9.17, 15) is 9.59 Å². The van der Waals surface area contributed by atoms with E-state index in [-0.39, 0.29) is 5.69 Å². The van der Waals surface area contributed by atoms with Crippen LogP contribution < -0.4 is 10.1 Å². The van der Waals surface area contributed by atoms with Gasteiger partial charge < -0.3 is 14.8 Å². The topological polar surface area (TPSA) is 77.5 Å². The van der Waals surface area contributed by atoms with Crippen LogP contribution in [0.5, 0.6) is 11.5 Å². The number of ether oxygens (including phenoxy) is 2. The summed E-state index contributed by atoms with van der Waals surface area (Å²) in [6.07, 6.45) is 1.48. The van der Waals surface area contributed by atoms with E-state index >= 15 is 0 Å². The molecule has 1 N–H and O–H groups in total. The Morgan fingerprint density at radius 2 is 1.62 bits per heavy atom. The lowest BCUT2D eigenvalue weighted by Crippen LogP contribution is -2.21. The van der Waals surface area contributed by atoms with Gasteiger partial charge in [-0.1, -0.05) is 36.4 Å². The molecule has 0 saturated heterocycles. The minimum Gasteiger partial charge on any atom is -0.455 e. The molecule has 0 spiro atoms. The van der Waals surface area contributed by atoms with Crippen LogP contribution in [-0.2, 0) is 9.53 Å². The van der Waals surface area contributed by atoms with Crippen LogP contribution in [0.3, 0.4) is 0 Å². The van der Waals surface area contributed by atoms with Crippen molar-refractivity contribution in [2.45, 2.75) is 0 Å². The molecule has 26 heavy (non-hydrogen) atoms. The number of hydrogen-bond acceptors (Lipinski definition) is 5. The molecule has 3 aromatic rings. The lowest BCUT2D eigenvalue weighted by molar-refractivity contribution is -0.119. The maximum absolute atomic E-state index is 12.1. The molecule has 3 rings (SSSR count). The van der Waals surface area contributed by atoms with Gasteiger partial charge >= 0.3 is 5.97 Å². The lowest BCUT2D eigenvalue weighted by Gasteiger charge is -2.12. The third kappa shape index (κ3) is 4.67. The number of para-hydroxylation sites is 3. The zero-order chi connectivity index (χ0) is 18.2. The smallest absolute Gasteiger partial charge is 0.357 e. The Hall–Kier alpha value is -3.67. The number of nitrogens with one attached hydrogen (secondary N) is 1. The Balaban J connectivity index is 1.60. The number of pyridine rings is 1. The van der Waals surface area contributed by atoms with Crippen molar-refractivity contribution < 1.29 is 19.1 Å². The molecule has 0 saturated carbocycles. The summed E-state index contributed by atoms with van der Waals surface area (Å²) < 4.78 is 10.7. The number of nitrogens with zero attached hydrogens (tertiary/aromatic N) is 1. The molecule has 0 aliphatic carbocycles. The summed E-state index contributed by atoms with van der Waals surface area (Å²) in [5.41, 5.74) is 0.628. The highest BCUT2D eigenvalue weighted by atomic mass is 16.5. The van der Waals surface area contributed by atoms with Gasteiger partial charge in [0.05, 0.1) is 5.69 Å². The fraction of sp³-hybridized carbons (Fsp3) is 0.0500. The van der Waals surface area contributed by atoms with Crippen LogP contribution in [0, 0.1) is 0 Å². The van der Waals surface area contributed by atoms with E-state index < -0.39 is 18.5 Å². The summed E-state index contributed by atoms with van der Waals surface area (Å²) in [6, 6.07) is 21.1. The van der Waals surface area contributed by atoms with E-state index in [0.717, 1.165) is 0 Å². The van der Waals surface area contributed by atoms with E-state index in [1.54, 1.807) is 36.4 Å². The Bertz CT molecular complexity index is 883. The molecule has 1 aromatic heterocycles. The lowest BCUT2D eigenvalue weighted by atomic mass is 10.3. The summed E-state index contributed by atoms with van der Waals surface area (Å²) in [7, 11) is 0. The number of hydrogen-bond donors (Lipinski definition) is 1. The third-order valence-corrected chi connectivity index (χ3v) is 3.34. The van der Waals surface area contributed by atoms with Crippen molar-refractivity contribution in [3.63, 3.8) is 0 Å². The van der Waals surface area contributed by atoms with Crippen molar-refractivity contribution >= 4 is 17.6 Å². The zero-order valence-corrected chi connectivity index (χ0v) is 13.8. The van der Waals surface area contributed by atoms with E-state index in [1.165, 1.54) is 12.3 Å². The molecule has 1 amide bonds. The quantitative estimate of drug-likeness (QED) is 0.688. The van der Waals surface area contributed by atoms with Crippen LogP contribution in [0.15, 0.2) is 79.0 Å². The first-order chi connectivity index (χ1) is 12.7. The van der Waals surface area contributed by atoms with Gasteiger partial charge in [-0.15, -0.1) is 0 Å². The Kier molecular flexibility index (Phi) is 5.57. The number of rotatable bonds is 6. The molecular weight excluding hydrogens is 332 g/mol. The summed E-state index contributed by atoms with van der Waals surface area (Å²) >= 11 is 0. The normalized spacial score (nSPS) is 10.0. The van der Waals surface area contributed by atoms with Crippen LogP contribution in [0.25, 0.3) is 0 Å². The van der Waals surface area contributed by atoms with Gasteiger partial charge in [-0.05, 0) is 36.4 Å². The van der Waals surface area contributed by atoms with Gasteiger partial charge in [0.25, 0.3) is 5.91 Å². The predicted octanol–water partition coefficient (Wildman–Crippen LogP) is 3.67. The van der Waals surface area contributed by atoms with Crippen molar-refractivity contribution in [3.8, 4) is 11.5 Å². The van der Waals surface area contributed by atoms with Crippen molar-refractivity contribution in [2.24, 2.45) is 0 Å². The average Bonchev–Trinajstić information content (AvgIpc) is 2.69. The standard InChI is InChI=1S/C20H16N2O4/c23-19(14-25-20(24)17-11-6-7-13-21-17)22-16-10-4-5-12-18(16)26-15-8-2-1-3-9-15/h1-13H,14H2,(H,22,23). The molecule has 1 heterocycles. The number of carbonyl (C=O) groups is 2. The Labute approximate surface area is 150 Å². The van der Waals surface area contributed by atoms with E-state index in [0.29, 0.717) is 17.2 Å². The van der Waals surface area contributed by atoms with Crippen LogP contribution in [0.2, 0.25) is 0 Å². The number of benzene rings is 2. The van der Waals surface area contributed by atoms with Gasteiger partial charge in [-0.25, -0.2) is 9.78 Å². The number of carbonyl (C=O) groups excluding carboxylic acids is 2. The maximum Gasteiger partial charge on any atom is 0.357 e. The molecule has 0 fully saturated rings. The number of amides is 1. The molecule has 0 unspecified atom stereocenters. The highest BCUT2D eigenvalue weighted by molar-refractivity contribution is 5.95. The first-order valence-corrected chi connectivity index (χ1v) is 7.92. The minimum atomic E-state index is -0.658. The fourth-order valence-electron chi connectivity index (χ4n) is 2.15. The molecule has 130 valence electrons. The van der Waals surface area contributed by atoms with Crippen LogP contribution in [0.1, 0.15) is 10.5 Å². The largest absolute Gasteiger partial charge is 0.455 e. The summed E-state index contributed by atoms with van der Waals surface area (Å²) in [6.45, 7) is -0.422. The van der Waals surface area contributed by atoms with Gasteiger partial charge in [0.1, 0.15) is 11.4 Å². The molecule has 0 aliphatic heterocycles. The molecule has 6 nitrogen and oxygen atoms in total. The van der Waals surface area contributed by atoms with Crippen molar-refractivity contribution in [1.82, 2.24) is 4.98 Å². The SMILES string of the molecule is O=C(COC(=O)c1ccccn1)Nc1ccccc1Oc1ccccc1.